The minimum absolute atomic E-state index is 0. The summed E-state index contributed by atoms with van der Waals surface area (Å²) in [7, 11) is 1.72. The Labute approximate surface area is 114 Å². The van der Waals surface area contributed by atoms with Gasteiger partial charge in [0.05, 0.1) is 0 Å². The van der Waals surface area contributed by atoms with E-state index in [9.17, 15) is 0 Å². The van der Waals surface area contributed by atoms with Gasteiger partial charge in [-0.1, -0.05) is 0 Å². The maximum Gasteiger partial charge on any atom is 4.00 e. The van der Waals surface area contributed by atoms with Crippen LogP contribution in [0, 0.1) is 0 Å². The quantitative estimate of drug-likeness (QED) is 0.471. The fraction of sp³-hybridized carbons (Fsp3) is 0. The van der Waals surface area contributed by atoms with Crippen molar-refractivity contribution in [1.29, 1.82) is 0 Å². The van der Waals surface area contributed by atoms with Crippen molar-refractivity contribution in [3.05, 3.63) is 0 Å². The molecule has 0 atom stereocenters. The monoisotopic (exact) mass is 263 g/mol. The molecule has 46 valence electrons. The maximum atomic E-state index is 8.06. The topological polar surface area (TPSA) is 131 Å². The van der Waals surface area contributed by atoms with Gasteiger partial charge in [0.15, 0.2) is 0 Å². The molecule has 0 radical (unpaired) electrons. The van der Waals surface area contributed by atoms with E-state index in [4.69, 9.17) is 4.46 Å². The molecule has 0 heterocycles. The van der Waals surface area contributed by atoms with Crippen molar-refractivity contribution < 1.29 is 65.2 Å². The first-order valence-corrected chi connectivity index (χ1v) is 0.612. The molecule has 0 rings (SSSR count). The summed E-state index contributed by atoms with van der Waals surface area (Å²) in [5.74, 6) is 0. The second kappa shape index (κ2) is 215. The van der Waals surface area contributed by atoms with Gasteiger partial charge in [-0.2, -0.15) is 0 Å². The molecule has 0 aliphatic rings. The minimum atomic E-state index is 0. The van der Waals surface area contributed by atoms with E-state index in [0.29, 0.717) is 0 Å². The Morgan fingerprint density at radius 3 is 0.800 bits per heavy atom. The van der Waals surface area contributed by atoms with Crippen molar-refractivity contribution in [2.24, 2.45) is 0 Å². The average Bonchev–Trinajstić information content (AvgIpc) is 1.00. The maximum absolute atomic E-state index is 8.06. The molecule has 0 bridgehead atoms. The van der Waals surface area contributed by atoms with Crippen LogP contribution in [0.5, 0.6) is 0 Å². The summed E-state index contributed by atoms with van der Waals surface area (Å²) in [5.41, 5.74) is 0. The number of hydrogen-bond donors (Lipinski definition) is 0. The first kappa shape index (κ1) is 140. The molecule has 10 heavy (non-hydrogen) atoms. The number of hydrogen-bond acceptors (Lipinski definition) is 1. The minimum Gasteiger partial charge on any atom is -2.00 e. The van der Waals surface area contributed by atoms with Crippen LogP contribution in [0.25, 0.3) is 0 Å². The molecule has 0 aromatic carbocycles. The van der Waals surface area contributed by atoms with E-state index in [2.05, 4.69) is 0 Å². The van der Waals surface area contributed by atoms with Crippen molar-refractivity contribution in [3.8, 4) is 0 Å². The van der Waals surface area contributed by atoms with Crippen LogP contribution in [0.3, 0.4) is 0 Å². The van der Waals surface area contributed by atoms with Gasteiger partial charge in [-0.05, 0) is 0 Å². The molecule has 5 nitrogen and oxygen atoms in total. The Morgan fingerprint density at radius 2 is 0.800 bits per heavy atom. The molecule has 0 aromatic heterocycles. The predicted molar refractivity (Wildman–Crippen MR) is 20.7 cm³/mol. The first-order chi connectivity index (χ1) is 1.00. The summed E-state index contributed by atoms with van der Waals surface area (Å²) in [6.07, 6.45) is 0. The molecule has 0 N–H and O–H groups in total. The second-order valence-electron chi connectivity index (χ2n) is 0. The summed E-state index contributed by atoms with van der Waals surface area (Å²) < 4.78 is 8.06. The Kier molecular flexibility index (Phi) is 3010. The molecule has 10 heteroatoms. The standard InChI is InChI=1S/Al.Fe.Mg.OSi.4O.Ti/c;;;1-2;;;;;/q+3;3*+2;4*-2;+4. The third kappa shape index (κ3) is 160. The van der Waals surface area contributed by atoms with E-state index in [1.807, 2.05) is 0 Å². The van der Waals surface area contributed by atoms with Gasteiger partial charge in [-0.15, -0.1) is 0 Å². The zero-order valence-electron chi connectivity index (χ0n) is 4.68. The van der Waals surface area contributed by atoms with Crippen LogP contribution < -0.4 is 0 Å². The third-order valence-corrected chi connectivity index (χ3v) is 0. The molecule has 0 amide bonds. The van der Waals surface area contributed by atoms with Crippen molar-refractivity contribution in [2.45, 2.75) is 0 Å². The first-order valence-electron chi connectivity index (χ1n) is 0.204. The Hall–Kier alpha value is 2.39. The van der Waals surface area contributed by atoms with E-state index in [1.54, 1.807) is 10.1 Å². The Balaban J connectivity index is -0.000000000179. The van der Waals surface area contributed by atoms with Gasteiger partial charge in [0.25, 0.3) is 0 Å². The molecule has 0 aliphatic heterocycles. The molecule has 0 spiro atoms. The summed E-state index contributed by atoms with van der Waals surface area (Å²) in [6.45, 7) is 0. The largest absolute Gasteiger partial charge is 4.00 e. The predicted octanol–water partition coefficient (Wildman–Crippen LogP) is -1.74. The summed E-state index contributed by atoms with van der Waals surface area (Å²) in [5, 5.41) is 0. The smallest absolute Gasteiger partial charge is 2.00 e. The van der Waals surface area contributed by atoms with E-state index in [0.717, 1.165) is 0 Å². The molecular weight excluding hydrogens is 263 g/mol. The van der Waals surface area contributed by atoms with Crippen LogP contribution in [-0.4, -0.2) is 50.5 Å². The van der Waals surface area contributed by atoms with Gasteiger partial charge in [-0.25, -0.2) is 0 Å². The average molecular weight is 263 g/mol. The third-order valence-electron chi connectivity index (χ3n) is 0. The Morgan fingerprint density at radius 1 is 0.800 bits per heavy atom. The van der Waals surface area contributed by atoms with Crippen LogP contribution in [0.4, 0.5) is 0 Å². The second-order valence-corrected chi connectivity index (χ2v) is 0. The van der Waals surface area contributed by atoms with Crippen LogP contribution in [0.2, 0.25) is 0 Å². The summed E-state index contributed by atoms with van der Waals surface area (Å²) in [6, 6.07) is 0. The van der Waals surface area contributed by atoms with Gasteiger partial charge in [0, 0.05) is 0 Å². The van der Waals surface area contributed by atoms with Crippen LogP contribution in [0.1, 0.15) is 0 Å². The van der Waals surface area contributed by atoms with Crippen LogP contribution >= 0.6 is 0 Å². The van der Waals surface area contributed by atoms with Crippen molar-refractivity contribution in [1.82, 2.24) is 0 Å². The van der Waals surface area contributed by atoms with E-state index >= 15 is 0 Å². The zero-order valence-corrected chi connectivity index (χ0v) is 10.9. The molecule has 0 saturated carbocycles. The van der Waals surface area contributed by atoms with Gasteiger partial charge < -0.3 is 21.9 Å². The fourth-order valence-electron chi connectivity index (χ4n) is 0. The normalized spacial score (nSPS) is 0.600. The zero-order chi connectivity index (χ0) is 2.00. The van der Waals surface area contributed by atoms with Crippen LogP contribution in [-0.2, 0) is 65.2 Å². The summed E-state index contributed by atoms with van der Waals surface area (Å²) >= 11 is 0. The van der Waals surface area contributed by atoms with Gasteiger partial charge in [-0.3, -0.25) is 0 Å². The van der Waals surface area contributed by atoms with E-state index in [-0.39, 0.29) is 101 Å². The fourth-order valence-corrected chi connectivity index (χ4v) is 0. The molecule has 0 unspecified atom stereocenters. The molecular formula is AlFeMgO5SiTi+5. The van der Waals surface area contributed by atoms with Crippen molar-refractivity contribution in [3.63, 3.8) is 0 Å². The van der Waals surface area contributed by atoms with Crippen molar-refractivity contribution >= 4 is 50.5 Å². The molecule has 0 aromatic rings. The molecule has 0 aliphatic carbocycles. The van der Waals surface area contributed by atoms with Crippen LogP contribution in [0.15, 0.2) is 0 Å². The molecule has 0 fully saturated rings. The summed E-state index contributed by atoms with van der Waals surface area (Å²) in [4.78, 5) is 0. The Bertz CT molecular complexity index is 21.6. The van der Waals surface area contributed by atoms with Crippen molar-refractivity contribution in [2.75, 3.05) is 0 Å². The number of rotatable bonds is 0. The van der Waals surface area contributed by atoms with E-state index < -0.39 is 0 Å². The van der Waals surface area contributed by atoms with Gasteiger partial charge in [0.2, 0.25) is 0 Å². The van der Waals surface area contributed by atoms with Gasteiger partial charge >= 0.3 is 93.8 Å². The SMILES string of the molecule is O=[Si+2].[Al+3].[Fe+2].[Mg+2].[O-2].[O-2].[O-2].[O-2].[Ti+4]. The van der Waals surface area contributed by atoms with E-state index in [1.165, 1.54) is 0 Å². The van der Waals surface area contributed by atoms with Gasteiger partial charge in [0.1, 0.15) is 0 Å². The molecule has 0 saturated heterocycles.